The molecule has 1 aliphatic rings. The van der Waals surface area contributed by atoms with E-state index in [-0.39, 0.29) is 22.9 Å². The van der Waals surface area contributed by atoms with Gasteiger partial charge in [0.05, 0.1) is 24.7 Å². The SMILES string of the molecule is CCCCS(=O)(=O)Nc1ccc(N(CC)CC)c(S(=O)(=O)NCCN2CCOCC2)c1. The van der Waals surface area contributed by atoms with Crippen molar-refractivity contribution in [3.8, 4) is 0 Å². The van der Waals surface area contributed by atoms with Crippen LogP contribution in [0.5, 0.6) is 0 Å². The fourth-order valence-electron chi connectivity index (χ4n) is 3.42. The summed E-state index contributed by atoms with van der Waals surface area (Å²) in [5.41, 5.74) is 0.806. The first-order chi connectivity index (χ1) is 14.7. The first kappa shape index (κ1) is 25.9. The highest BCUT2D eigenvalue weighted by atomic mass is 32.2. The summed E-state index contributed by atoms with van der Waals surface area (Å²) in [7, 11) is -7.37. The lowest BCUT2D eigenvalue weighted by Gasteiger charge is -2.27. The van der Waals surface area contributed by atoms with Crippen molar-refractivity contribution in [2.75, 3.05) is 67.9 Å². The van der Waals surface area contributed by atoms with E-state index in [1.165, 1.54) is 6.07 Å². The van der Waals surface area contributed by atoms with E-state index in [0.717, 1.165) is 19.5 Å². The summed E-state index contributed by atoms with van der Waals surface area (Å²) in [5.74, 6) is 0.00117. The van der Waals surface area contributed by atoms with Crippen molar-refractivity contribution in [3.05, 3.63) is 18.2 Å². The van der Waals surface area contributed by atoms with E-state index in [2.05, 4.69) is 14.3 Å². The number of rotatable bonds is 13. The normalized spacial score (nSPS) is 15.7. The number of sulfonamides is 2. The van der Waals surface area contributed by atoms with Gasteiger partial charge in [-0.05, 0) is 38.5 Å². The van der Waals surface area contributed by atoms with E-state index in [1.54, 1.807) is 12.1 Å². The number of nitrogens with zero attached hydrogens (tertiary/aromatic N) is 2. The van der Waals surface area contributed by atoms with E-state index in [1.807, 2.05) is 25.7 Å². The third-order valence-corrected chi connectivity index (χ3v) is 8.08. The van der Waals surface area contributed by atoms with Crippen molar-refractivity contribution < 1.29 is 21.6 Å². The fourth-order valence-corrected chi connectivity index (χ4v) is 5.95. The molecule has 0 saturated carbocycles. The molecule has 178 valence electrons. The molecule has 0 radical (unpaired) electrons. The van der Waals surface area contributed by atoms with Crippen LogP contribution in [0.15, 0.2) is 23.1 Å². The predicted octanol–water partition coefficient (Wildman–Crippen LogP) is 1.69. The highest BCUT2D eigenvalue weighted by molar-refractivity contribution is 7.92. The molecule has 1 aliphatic heterocycles. The zero-order valence-corrected chi connectivity index (χ0v) is 20.4. The maximum atomic E-state index is 13.2. The zero-order valence-electron chi connectivity index (χ0n) is 18.8. The Bertz CT molecular complexity index is 896. The van der Waals surface area contributed by atoms with Gasteiger partial charge in [-0.15, -0.1) is 0 Å². The van der Waals surface area contributed by atoms with Crippen molar-refractivity contribution in [1.82, 2.24) is 9.62 Å². The minimum Gasteiger partial charge on any atom is -0.379 e. The monoisotopic (exact) mass is 476 g/mol. The van der Waals surface area contributed by atoms with Gasteiger partial charge in [-0.3, -0.25) is 9.62 Å². The van der Waals surface area contributed by atoms with Gasteiger partial charge in [0, 0.05) is 45.0 Å². The molecule has 11 heteroatoms. The molecule has 0 aromatic heterocycles. The molecule has 1 aromatic carbocycles. The molecule has 0 spiro atoms. The number of benzene rings is 1. The van der Waals surface area contributed by atoms with E-state index in [9.17, 15) is 16.8 Å². The Hall–Kier alpha value is -1.40. The van der Waals surface area contributed by atoms with Gasteiger partial charge in [0.25, 0.3) is 0 Å². The minimum atomic E-state index is -3.84. The zero-order chi connectivity index (χ0) is 22.9. The number of hydrogen-bond donors (Lipinski definition) is 2. The summed E-state index contributed by atoms with van der Waals surface area (Å²) in [6.07, 6.45) is 1.30. The number of nitrogens with one attached hydrogen (secondary N) is 2. The number of morpholine rings is 1. The minimum absolute atomic E-state index is 0.00117. The van der Waals surface area contributed by atoms with Gasteiger partial charge in [-0.25, -0.2) is 21.6 Å². The van der Waals surface area contributed by atoms with Gasteiger partial charge in [-0.1, -0.05) is 13.3 Å². The van der Waals surface area contributed by atoms with Gasteiger partial charge in [0.15, 0.2) is 0 Å². The van der Waals surface area contributed by atoms with Crippen LogP contribution in [0, 0.1) is 0 Å². The summed E-state index contributed by atoms with van der Waals surface area (Å²) in [6.45, 7) is 10.8. The molecule has 0 bridgehead atoms. The van der Waals surface area contributed by atoms with Crippen LogP contribution in [0.1, 0.15) is 33.6 Å². The average molecular weight is 477 g/mol. The van der Waals surface area contributed by atoms with Crippen LogP contribution in [0.2, 0.25) is 0 Å². The van der Waals surface area contributed by atoms with Gasteiger partial charge < -0.3 is 9.64 Å². The molecule has 31 heavy (non-hydrogen) atoms. The summed E-state index contributed by atoms with van der Waals surface area (Å²) >= 11 is 0. The smallest absolute Gasteiger partial charge is 0.242 e. The van der Waals surface area contributed by atoms with Crippen molar-refractivity contribution >= 4 is 31.4 Å². The van der Waals surface area contributed by atoms with Crippen LogP contribution < -0.4 is 14.3 Å². The molecular weight excluding hydrogens is 440 g/mol. The molecule has 0 atom stereocenters. The molecule has 0 aliphatic carbocycles. The van der Waals surface area contributed by atoms with Crippen LogP contribution in [0.25, 0.3) is 0 Å². The summed E-state index contributed by atoms with van der Waals surface area (Å²) in [6, 6.07) is 4.69. The van der Waals surface area contributed by atoms with Crippen LogP contribution >= 0.6 is 0 Å². The van der Waals surface area contributed by atoms with E-state index >= 15 is 0 Å². The van der Waals surface area contributed by atoms with Gasteiger partial charge >= 0.3 is 0 Å². The fraction of sp³-hybridized carbons (Fsp3) is 0.700. The van der Waals surface area contributed by atoms with E-state index in [0.29, 0.717) is 45.0 Å². The topological polar surface area (TPSA) is 108 Å². The average Bonchev–Trinajstić information content (AvgIpc) is 2.74. The Morgan fingerprint density at radius 2 is 1.74 bits per heavy atom. The number of anilines is 2. The molecule has 1 heterocycles. The quantitative estimate of drug-likeness (QED) is 0.446. The van der Waals surface area contributed by atoms with Crippen molar-refractivity contribution in [1.29, 1.82) is 0 Å². The Labute approximate surface area is 187 Å². The van der Waals surface area contributed by atoms with Crippen molar-refractivity contribution in [2.45, 2.75) is 38.5 Å². The molecule has 0 unspecified atom stereocenters. The third kappa shape index (κ3) is 7.90. The lowest BCUT2D eigenvalue weighted by Crippen LogP contribution is -2.41. The number of unbranched alkanes of at least 4 members (excludes halogenated alkanes) is 1. The lowest BCUT2D eigenvalue weighted by molar-refractivity contribution is 0.0390. The van der Waals surface area contributed by atoms with Crippen LogP contribution in [0.3, 0.4) is 0 Å². The van der Waals surface area contributed by atoms with Gasteiger partial charge in [0.2, 0.25) is 20.0 Å². The highest BCUT2D eigenvalue weighted by Crippen LogP contribution is 2.29. The number of ether oxygens (including phenoxy) is 1. The molecular formula is C20H36N4O5S2. The van der Waals surface area contributed by atoms with Crippen LogP contribution in [0.4, 0.5) is 11.4 Å². The predicted molar refractivity (Wildman–Crippen MR) is 125 cm³/mol. The number of hydrogen-bond acceptors (Lipinski definition) is 7. The third-order valence-electron chi connectivity index (χ3n) is 5.22. The Morgan fingerprint density at radius 1 is 1.06 bits per heavy atom. The standard InChI is InChI=1S/C20H36N4O5S2/c1-4-7-16-30(25,26)22-18-8-9-19(24(5-2)6-3)20(17-18)31(27,28)21-10-11-23-12-14-29-15-13-23/h8-9,17,21-22H,4-7,10-16H2,1-3H3. The largest absolute Gasteiger partial charge is 0.379 e. The second-order valence-corrected chi connectivity index (χ2v) is 11.1. The molecule has 1 fully saturated rings. The van der Waals surface area contributed by atoms with Crippen molar-refractivity contribution in [2.24, 2.45) is 0 Å². The highest BCUT2D eigenvalue weighted by Gasteiger charge is 2.23. The molecule has 1 aromatic rings. The van der Waals surface area contributed by atoms with Crippen LogP contribution in [-0.4, -0.2) is 80.0 Å². The van der Waals surface area contributed by atoms with Crippen molar-refractivity contribution in [3.63, 3.8) is 0 Å². The second kappa shape index (κ2) is 12.0. The molecule has 2 rings (SSSR count). The van der Waals surface area contributed by atoms with E-state index < -0.39 is 20.0 Å². The first-order valence-corrected chi connectivity index (χ1v) is 14.0. The Balaban J connectivity index is 2.24. The Kier molecular flexibility index (Phi) is 10.0. The summed E-state index contributed by atoms with van der Waals surface area (Å²) in [4.78, 5) is 4.16. The maximum absolute atomic E-state index is 13.2. The Morgan fingerprint density at radius 3 is 2.35 bits per heavy atom. The lowest BCUT2D eigenvalue weighted by atomic mass is 10.2. The maximum Gasteiger partial charge on any atom is 0.242 e. The molecule has 9 nitrogen and oxygen atoms in total. The van der Waals surface area contributed by atoms with Gasteiger partial charge in [-0.2, -0.15) is 0 Å². The molecule has 1 saturated heterocycles. The van der Waals surface area contributed by atoms with Gasteiger partial charge in [0.1, 0.15) is 4.90 Å². The summed E-state index contributed by atoms with van der Waals surface area (Å²) < 4.78 is 61.4. The molecule has 0 amide bonds. The second-order valence-electron chi connectivity index (χ2n) is 7.48. The van der Waals surface area contributed by atoms with E-state index in [4.69, 9.17) is 4.74 Å². The first-order valence-electron chi connectivity index (χ1n) is 10.9. The van der Waals surface area contributed by atoms with Crippen LogP contribution in [-0.2, 0) is 24.8 Å². The summed E-state index contributed by atoms with van der Waals surface area (Å²) in [5, 5.41) is 0. The molecule has 2 N–H and O–H groups in total.